The van der Waals surface area contributed by atoms with E-state index in [1.54, 1.807) is 35.2 Å². The maximum atomic E-state index is 14.1. The molecule has 1 fully saturated rings. The van der Waals surface area contributed by atoms with Crippen molar-refractivity contribution in [3.63, 3.8) is 0 Å². The van der Waals surface area contributed by atoms with Crippen LogP contribution in [-0.4, -0.2) is 57.0 Å². The highest BCUT2D eigenvalue weighted by Crippen LogP contribution is 2.37. The molecule has 30 heavy (non-hydrogen) atoms. The van der Waals surface area contributed by atoms with Crippen LogP contribution in [0.15, 0.2) is 47.4 Å². The number of halogens is 1. The Labute approximate surface area is 179 Å². The lowest BCUT2D eigenvalue weighted by Gasteiger charge is -2.29. The number of hydrogen-bond donors (Lipinski definition) is 2. The fraction of sp³-hybridized carbons (Fsp3) is 0.364. The van der Waals surface area contributed by atoms with E-state index < -0.39 is 0 Å². The van der Waals surface area contributed by atoms with E-state index in [2.05, 4.69) is 5.32 Å². The molecule has 2 aliphatic rings. The third-order valence-corrected chi connectivity index (χ3v) is 6.46. The highest BCUT2D eigenvalue weighted by molar-refractivity contribution is 8.00. The van der Waals surface area contributed by atoms with Crippen molar-refractivity contribution >= 4 is 29.3 Å². The summed E-state index contributed by atoms with van der Waals surface area (Å²) in [5.74, 6) is -0.303. The number of benzene rings is 2. The number of hydrogen-bond acceptors (Lipinski definition) is 4. The Morgan fingerprint density at radius 1 is 1.20 bits per heavy atom. The quantitative estimate of drug-likeness (QED) is 0.721. The van der Waals surface area contributed by atoms with E-state index in [1.807, 2.05) is 6.07 Å². The minimum atomic E-state index is -0.343. The fourth-order valence-corrected chi connectivity index (χ4v) is 4.59. The van der Waals surface area contributed by atoms with Gasteiger partial charge in [-0.15, -0.1) is 11.8 Å². The number of morpholine rings is 1. The van der Waals surface area contributed by atoms with E-state index in [9.17, 15) is 14.0 Å². The Morgan fingerprint density at radius 2 is 2.00 bits per heavy atom. The molecule has 0 atom stereocenters. The highest BCUT2D eigenvalue weighted by Gasteiger charge is 2.26. The van der Waals surface area contributed by atoms with Gasteiger partial charge in [-0.25, -0.2) is 4.39 Å². The van der Waals surface area contributed by atoms with Gasteiger partial charge in [-0.3, -0.25) is 9.59 Å². The molecule has 2 aromatic rings. The first-order chi connectivity index (χ1) is 14.6. The molecular weight excluding hydrogens is 405 g/mol. The number of carbonyl (C=O) groups excluding carboxylic acids is 2. The fourth-order valence-electron chi connectivity index (χ4n) is 3.68. The van der Waals surface area contributed by atoms with Gasteiger partial charge in [-0.05, 0) is 24.3 Å². The summed E-state index contributed by atoms with van der Waals surface area (Å²) in [6.07, 6.45) is 0. The first kappa shape index (κ1) is 20.8. The maximum Gasteiger partial charge on any atom is 0.251 e. The van der Waals surface area contributed by atoms with Gasteiger partial charge >= 0.3 is 0 Å². The van der Waals surface area contributed by atoms with Crippen LogP contribution in [0.3, 0.4) is 0 Å². The molecule has 0 unspecified atom stereocenters. The maximum absolute atomic E-state index is 14.1. The lowest BCUT2D eigenvalue weighted by atomic mass is 10.1. The molecule has 0 saturated carbocycles. The molecule has 8 heteroatoms. The second-order valence-corrected chi connectivity index (χ2v) is 8.43. The summed E-state index contributed by atoms with van der Waals surface area (Å²) in [7, 11) is 0. The molecule has 0 aliphatic carbocycles. The van der Waals surface area contributed by atoms with Crippen LogP contribution in [0.1, 0.15) is 15.9 Å². The molecule has 4 rings (SSSR count). The Hall–Kier alpha value is -2.42. The van der Waals surface area contributed by atoms with Gasteiger partial charge in [-0.1, -0.05) is 18.2 Å². The number of fused-ring (bicyclic) bond motifs is 1. The van der Waals surface area contributed by atoms with E-state index >= 15 is 0 Å². The van der Waals surface area contributed by atoms with Crippen LogP contribution in [-0.2, 0) is 16.1 Å². The van der Waals surface area contributed by atoms with E-state index in [-0.39, 0.29) is 24.2 Å². The molecule has 0 radical (unpaired) electrons. The zero-order valence-electron chi connectivity index (χ0n) is 16.7. The average molecular weight is 431 g/mol. The minimum absolute atomic E-state index is 0.0933. The van der Waals surface area contributed by atoms with E-state index in [0.29, 0.717) is 29.1 Å². The molecule has 0 aromatic heterocycles. The average Bonchev–Trinajstić information content (AvgIpc) is 2.77. The summed E-state index contributed by atoms with van der Waals surface area (Å²) in [4.78, 5) is 29.1. The molecule has 0 bridgehead atoms. The second kappa shape index (κ2) is 9.59. The van der Waals surface area contributed by atoms with Crippen LogP contribution in [0, 0.1) is 5.82 Å². The zero-order chi connectivity index (χ0) is 20.9. The summed E-state index contributed by atoms with van der Waals surface area (Å²) < 4.78 is 19.5. The number of rotatable bonds is 6. The van der Waals surface area contributed by atoms with Crippen LogP contribution in [0.25, 0.3) is 0 Å². The van der Waals surface area contributed by atoms with Gasteiger partial charge in [-0.2, -0.15) is 0 Å². The van der Waals surface area contributed by atoms with E-state index in [4.69, 9.17) is 4.74 Å². The number of thioether (sulfide) groups is 1. The second-order valence-electron chi connectivity index (χ2n) is 7.41. The summed E-state index contributed by atoms with van der Waals surface area (Å²) in [5, 5.41) is 2.97. The number of anilines is 1. The summed E-state index contributed by atoms with van der Waals surface area (Å²) in [6, 6.07) is 11.8. The molecule has 158 valence electrons. The summed E-state index contributed by atoms with van der Waals surface area (Å²) in [5.41, 5.74) is 1.61. The molecule has 6 nitrogen and oxygen atoms in total. The minimum Gasteiger partial charge on any atom is -0.370 e. The van der Waals surface area contributed by atoms with Crippen molar-refractivity contribution in [1.82, 2.24) is 5.32 Å². The molecule has 2 heterocycles. The molecule has 0 spiro atoms. The molecule has 2 amide bonds. The summed E-state index contributed by atoms with van der Waals surface area (Å²) in [6.45, 7) is 5.02. The number of nitrogens with zero attached hydrogens (tertiary/aromatic N) is 1. The van der Waals surface area contributed by atoms with Gasteiger partial charge < -0.3 is 19.9 Å². The van der Waals surface area contributed by atoms with Crippen molar-refractivity contribution in [3.8, 4) is 0 Å². The smallest absolute Gasteiger partial charge is 0.251 e. The normalized spacial score (nSPS) is 17.0. The standard InChI is InChI=1S/C22H24FN3O3S/c23-18-4-2-1-3-17(18)14-26-19-13-16(5-6-20(19)30-15-21(26)27)22(28)24-7-8-25-9-11-29-12-10-25/h1-6,13H,7-12,14-15H2,(H,24,28)/p+1. The molecule has 2 aliphatic heterocycles. The number of quaternary nitrogens is 1. The van der Waals surface area contributed by atoms with Crippen molar-refractivity contribution < 1.29 is 23.6 Å². The number of amides is 2. The number of ether oxygens (including phenoxy) is 1. The Morgan fingerprint density at radius 3 is 2.80 bits per heavy atom. The topological polar surface area (TPSA) is 63.1 Å². The van der Waals surface area contributed by atoms with Crippen LogP contribution in [0.5, 0.6) is 0 Å². The number of nitrogens with one attached hydrogen (secondary N) is 2. The highest BCUT2D eigenvalue weighted by atomic mass is 32.2. The van der Waals surface area contributed by atoms with Crippen molar-refractivity contribution in [1.29, 1.82) is 0 Å². The zero-order valence-corrected chi connectivity index (χ0v) is 17.5. The van der Waals surface area contributed by atoms with Gasteiger partial charge in [0.25, 0.3) is 5.91 Å². The van der Waals surface area contributed by atoms with Gasteiger partial charge in [0.1, 0.15) is 18.9 Å². The van der Waals surface area contributed by atoms with Gasteiger partial charge in [0, 0.05) is 16.0 Å². The third-order valence-electron chi connectivity index (χ3n) is 5.41. The molecule has 1 saturated heterocycles. The SMILES string of the molecule is O=C(NCC[NH+]1CCOCC1)c1ccc2c(c1)N(Cc1ccccc1F)C(=O)CS2. The Kier molecular flexibility index (Phi) is 6.66. The lowest BCUT2D eigenvalue weighted by molar-refractivity contribution is -0.906. The summed E-state index contributed by atoms with van der Waals surface area (Å²) >= 11 is 1.44. The predicted octanol–water partition coefficient (Wildman–Crippen LogP) is 1.11. The largest absolute Gasteiger partial charge is 0.370 e. The first-order valence-corrected chi connectivity index (χ1v) is 11.1. The van der Waals surface area contributed by atoms with Gasteiger partial charge in [0.15, 0.2) is 0 Å². The van der Waals surface area contributed by atoms with E-state index in [1.165, 1.54) is 22.7 Å². The van der Waals surface area contributed by atoms with Gasteiger partial charge in [0.05, 0.1) is 44.3 Å². The lowest BCUT2D eigenvalue weighted by Crippen LogP contribution is -3.14. The van der Waals surface area contributed by atoms with Crippen molar-refractivity contribution in [2.24, 2.45) is 0 Å². The van der Waals surface area contributed by atoms with Crippen LogP contribution in [0.2, 0.25) is 0 Å². The Bertz CT molecular complexity index is 934. The van der Waals surface area contributed by atoms with Crippen LogP contribution >= 0.6 is 11.8 Å². The van der Waals surface area contributed by atoms with Crippen molar-refractivity contribution in [2.45, 2.75) is 11.4 Å². The van der Waals surface area contributed by atoms with Crippen molar-refractivity contribution in [3.05, 3.63) is 59.4 Å². The third kappa shape index (κ3) is 4.83. The predicted molar refractivity (Wildman–Crippen MR) is 113 cm³/mol. The van der Waals surface area contributed by atoms with Crippen LogP contribution < -0.4 is 15.1 Å². The Balaban J connectivity index is 1.46. The monoisotopic (exact) mass is 430 g/mol. The molecule has 2 N–H and O–H groups in total. The van der Waals surface area contributed by atoms with Gasteiger partial charge in [0.2, 0.25) is 5.91 Å². The molecular formula is C22H25FN3O3S+. The van der Waals surface area contributed by atoms with Crippen LogP contribution in [0.4, 0.5) is 10.1 Å². The molecule has 2 aromatic carbocycles. The first-order valence-electron chi connectivity index (χ1n) is 10.1. The van der Waals surface area contributed by atoms with E-state index in [0.717, 1.165) is 37.7 Å². The van der Waals surface area contributed by atoms with Crippen molar-refractivity contribution in [2.75, 3.05) is 50.0 Å². The number of carbonyl (C=O) groups is 2.